The highest BCUT2D eigenvalue weighted by molar-refractivity contribution is 7.99. The lowest BCUT2D eigenvalue weighted by Crippen LogP contribution is -2.05. The fourth-order valence-corrected chi connectivity index (χ4v) is 1.04. The summed E-state index contributed by atoms with van der Waals surface area (Å²) < 4.78 is 20.8. The number of sulfone groups is 1. The molecule has 0 aliphatic rings. The number of carbonyl (C=O) groups excluding carboxylic acids is 1. The number of thioether (sulfide) groups is 1. The van der Waals surface area contributed by atoms with E-state index in [4.69, 9.17) is 15.8 Å². The highest BCUT2D eigenvalue weighted by atomic mass is 32.2. The number of carbonyl (C=O) groups is 1. The number of nitriles is 2. The van der Waals surface area contributed by atoms with Crippen molar-refractivity contribution in [1.29, 1.82) is 10.5 Å². The fraction of sp³-hybridized carbons (Fsp3) is 0.700. The lowest BCUT2D eigenvalue weighted by Gasteiger charge is -1.87. The third-order valence-corrected chi connectivity index (χ3v) is 3.41. The van der Waals surface area contributed by atoms with Gasteiger partial charge in [0.2, 0.25) is 0 Å². The summed E-state index contributed by atoms with van der Waals surface area (Å²) in [7, 11) is -3.03. The lowest BCUT2D eigenvalue weighted by atomic mass is 10.9. The molecule has 0 radical (unpaired) electrons. The largest absolute Gasteiger partial charge is 0.412 e. The van der Waals surface area contributed by atoms with Gasteiger partial charge in [0.15, 0.2) is 9.84 Å². The van der Waals surface area contributed by atoms with Crippen LogP contribution in [0.25, 0.3) is 0 Å². The molecule has 118 valence electrons. The van der Waals surface area contributed by atoms with Crippen molar-refractivity contribution in [3.05, 3.63) is 0 Å². The first-order valence-corrected chi connectivity index (χ1v) is 8.12. The van der Waals surface area contributed by atoms with Crippen molar-refractivity contribution in [3.8, 4) is 12.1 Å². The van der Waals surface area contributed by atoms with E-state index in [1.807, 2.05) is 13.0 Å². The van der Waals surface area contributed by atoms with E-state index in [2.05, 4.69) is 4.89 Å². The van der Waals surface area contributed by atoms with Gasteiger partial charge in [-0.15, -0.1) is 11.8 Å². The third kappa shape index (κ3) is 36.0. The molecule has 0 bridgehead atoms. The van der Waals surface area contributed by atoms with E-state index in [1.54, 1.807) is 17.8 Å². The molecule has 0 amide bonds. The maximum atomic E-state index is 10.4. The van der Waals surface area contributed by atoms with Crippen LogP contribution in [0.1, 0.15) is 20.8 Å². The molecule has 0 heterocycles. The van der Waals surface area contributed by atoms with Crippen LogP contribution in [-0.4, -0.2) is 48.1 Å². The Hall–Kier alpha value is -1.33. The first kappa shape index (κ1) is 27.1. The van der Waals surface area contributed by atoms with Crippen LogP contribution in [0.15, 0.2) is 0 Å². The van der Waals surface area contributed by atoms with Crippen LogP contribution in [0.2, 0.25) is 0 Å². The topological polar surface area (TPSA) is 160 Å². The van der Waals surface area contributed by atoms with Crippen molar-refractivity contribution in [1.82, 2.24) is 0 Å². The summed E-state index contributed by atoms with van der Waals surface area (Å²) in [5.74, 6) is 0.693. The molecule has 0 aromatic heterocycles. The number of hydrogen-bond acceptors (Lipinski definition) is 8. The van der Waals surface area contributed by atoms with Crippen molar-refractivity contribution in [2.24, 2.45) is 0 Å². The normalized spacial score (nSPS) is 8.10. The minimum absolute atomic E-state index is 0. The molecule has 0 saturated carbocycles. The summed E-state index contributed by atoms with van der Waals surface area (Å²) in [6.45, 7) is 4.68. The van der Waals surface area contributed by atoms with Crippen LogP contribution in [0, 0.1) is 22.7 Å². The van der Waals surface area contributed by atoms with Gasteiger partial charge in [0.1, 0.15) is 5.75 Å². The van der Waals surface area contributed by atoms with Crippen molar-refractivity contribution in [2.45, 2.75) is 20.8 Å². The zero-order valence-corrected chi connectivity index (χ0v) is 13.3. The monoisotopic (exact) mass is 328 g/mol. The molecule has 8 nitrogen and oxygen atoms in total. The minimum Gasteiger partial charge on any atom is -0.412 e. The zero-order chi connectivity index (χ0) is 15.7. The molecule has 0 saturated heterocycles. The summed E-state index contributed by atoms with van der Waals surface area (Å²) in [6, 6.07) is 3.60. The molecule has 0 fully saturated rings. The predicted octanol–water partition coefficient (Wildman–Crippen LogP) is 0.406. The van der Waals surface area contributed by atoms with E-state index in [9.17, 15) is 13.2 Å². The molecule has 10 heteroatoms. The second-order valence-corrected chi connectivity index (χ2v) is 6.34. The van der Waals surface area contributed by atoms with E-state index < -0.39 is 15.8 Å². The smallest absolute Gasteiger partial charge is 0.339 e. The molecule has 3 N–H and O–H groups in total. The van der Waals surface area contributed by atoms with Gasteiger partial charge in [-0.25, -0.2) is 13.2 Å². The molecule has 0 atom stereocenters. The highest BCUT2D eigenvalue weighted by Gasteiger charge is 2.03. The van der Waals surface area contributed by atoms with E-state index in [0.29, 0.717) is 5.75 Å². The standard InChI is InChI=1S/C4H7NO2S.C4H7NS.C2H4O3.H2O/c1-2-8(6,7)4-3-5;1-2-6-4-3-5;1-2(3)5-4;/h2,4H2,1H3;2,4H2,1H3;4H,1H3;1H2. The molecule has 20 heavy (non-hydrogen) atoms. The molecule has 0 aromatic rings. The maximum absolute atomic E-state index is 10.4. The van der Waals surface area contributed by atoms with Crippen molar-refractivity contribution in [3.63, 3.8) is 0 Å². The average Bonchev–Trinajstić information content (AvgIpc) is 2.37. The summed E-state index contributed by atoms with van der Waals surface area (Å²) >= 11 is 1.65. The molecule has 0 aromatic carbocycles. The molecular weight excluding hydrogens is 308 g/mol. The first-order valence-electron chi connectivity index (χ1n) is 5.15. The van der Waals surface area contributed by atoms with Gasteiger partial charge in [-0.1, -0.05) is 13.8 Å². The molecule has 0 aliphatic heterocycles. The van der Waals surface area contributed by atoms with Crippen molar-refractivity contribution in [2.75, 3.05) is 23.0 Å². The summed E-state index contributed by atoms with van der Waals surface area (Å²) in [4.78, 5) is 12.5. The van der Waals surface area contributed by atoms with E-state index >= 15 is 0 Å². The van der Waals surface area contributed by atoms with Crippen LogP contribution in [-0.2, 0) is 19.5 Å². The van der Waals surface area contributed by atoms with Gasteiger partial charge in [0, 0.05) is 12.7 Å². The Morgan fingerprint density at radius 1 is 1.30 bits per heavy atom. The summed E-state index contributed by atoms with van der Waals surface area (Å²) in [5.41, 5.74) is 0. The van der Waals surface area contributed by atoms with Crippen LogP contribution in [0.4, 0.5) is 0 Å². The molecule has 0 aliphatic carbocycles. The van der Waals surface area contributed by atoms with Crippen LogP contribution < -0.4 is 0 Å². The van der Waals surface area contributed by atoms with Crippen molar-refractivity contribution < 1.29 is 28.8 Å². The van der Waals surface area contributed by atoms with E-state index in [-0.39, 0.29) is 17.0 Å². The van der Waals surface area contributed by atoms with Gasteiger partial charge in [-0.3, -0.25) is 0 Å². The Labute approximate surface area is 123 Å². The quantitative estimate of drug-likeness (QED) is 0.441. The zero-order valence-electron chi connectivity index (χ0n) is 11.6. The van der Waals surface area contributed by atoms with E-state index in [0.717, 1.165) is 12.7 Å². The van der Waals surface area contributed by atoms with Crippen LogP contribution in [0.3, 0.4) is 0 Å². The predicted molar refractivity (Wildman–Crippen MR) is 76.6 cm³/mol. The van der Waals surface area contributed by atoms with Gasteiger partial charge >= 0.3 is 5.97 Å². The number of nitrogens with zero attached hydrogens (tertiary/aromatic N) is 2. The van der Waals surface area contributed by atoms with Crippen LogP contribution >= 0.6 is 11.8 Å². The fourth-order valence-electron chi connectivity index (χ4n) is 0.348. The number of rotatable bonds is 4. The maximum Gasteiger partial charge on any atom is 0.339 e. The van der Waals surface area contributed by atoms with Crippen molar-refractivity contribution >= 4 is 27.6 Å². The molecular formula is C10H20N2O6S2. The van der Waals surface area contributed by atoms with Gasteiger partial charge in [-0.2, -0.15) is 15.8 Å². The third-order valence-electron chi connectivity index (χ3n) is 1.22. The first-order chi connectivity index (χ1) is 8.81. The summed E-state index contributed by atoms with van der Waals surface area (Å²) in [6.07, 6.45) is 0. The SMILES string of the molecule is CC(=O)OO.CCS(=O)(=O)CC#N.CCSCC#N.O. The lowest BCUT2D eigenvalue weighted by molar-refractivity contribution is -0.231. The summed E-state index contributed by atoms with van der Waals surface area (Å²) in [5, 5.41) is 23.1. The Kier molecular flexibility index (Phi) is 27.1. The van der Waals surface area contributed by atoms with Gasteiger partial charge in [-0.05, 0) is 5.75 Å². The van der Waals surface area contributed by atoms with E-state index in [1.165, 1.54) is 6.92 Å². The molecule has 0 rings (SSSR count). The molecule has 0 spiro atoms. The Bertz CT molecular complexity index is 397. The highest BCUT2D eigenvalue weighted by Crippen LogP contribution is 1.93. The minimum atomic E-state index is -3.03. The Balaban J connectivity index is -0.0000000966. The number of hydrogen-bond donors (Lipinski definition) is 1. The average molecular weight is 328 g/mol. The Morgan fingerprint density at radius 2 is 1.75 bits per heavy atom. The van der Waals surface area contributed by atoms with Gasteiger partial charge < -0.3 is 10.4 Å². The van der Waals surface area contributed by atoms with Crippen LogP contribution in [0.5, 0.6) is 0 Å². The van der Waals surface area contributed by atoms with Gasteiger partial charge in [0.25, 0.3) is 0 Å². The second kappa shape index (κ2) is 20.0. The second-order valence-electron chi connectivity index (χ2n) is 2.71. The van der Waals surface area contributed by atoms with Gasteiger partial charge in [0.05, 0.1) is 17.9 Å². The molecule has 0 unspecified atom stereocenters. The Morgan fingerprint density at radius 3 is 1.85 bits per heavy atom.